The van der Waals surface area contributed by atoms with E-state index in [9.17, 15) is 4.79 Å². The van der Waals surface area contributed by atoms with Crippen LogP contribution in [0.2, 0.25) is 5.02 Å². The third-order valence-corrected chi connectivity index (χ3v) is 2.10. The Labute approximate surface area is 80.6 Å². The van der Waals surface area contributed by atoms with Gasteiger partial charge >= 0.3 is 0 Å². The van der Waals surface area contributed by atoms with Gasteiger partial charge in [0.15, 0.2) is 0 Å². The van der Waals surface area contributed by atoms with Gasteiger partial charge < -0.3 is 10.2 Å². The number of ketones is 1. The summed E-state index contributed by atoms with van der Waals surface area (Å²) in [6.45, 7) is 1.74. The van der Waals surface area contributed by atoms with Crippen molar-refractivity contribution >= 4 is 17.4 Å². The van der Waals surface area contributed by atoms with Gasteiger partial charge in [-0.05, 0) is 30.7 Å². The Morgan fingerprint density at radius 1 is 1.46 bits per heavy atom. The van der Waals surface area contributed by atoms with Crippen LogP contribution in [0.4, 0.5) is 0 Å². The van der Waals surface area contributed by atoms with E-state index >= 15 is 0 Å². The van der Waals surface area contributed by atoms with Crippen molar-refractivity contribution in [2.75, 3.05) is 0 Å². The Hall–Kier alpha value is -0.900. The molecule has 2 N–H and O–H groups in total. The molecule has 0 radical (unpaired) electrons. The normalized spacial score (nSPS) is 10.5. The molecule has 0 aliphatic carbocycles. The fourth-order valence-corrected chi connectivity index (χ4v) is 1.06. The lowest BCUT2D eigenvalue weighted by Gasteiger charge is -2.04. The summed E-state index contributed by atoms with van der Waals surface area (Å²) in [5.41, 5.74) is 0.977. The number of carbonyl (C=O) groups is 1. The lowest BCUT2D eigenvalue weighted by atomic mass is 10.1. The van der Waals surface area contributed by atoms with E-state index in [1.165, 1.54) is 12.1 Å². The van der Waals surface area contributed by atoms with Crippen LogP contribution in [0.25, 0.3) is 0 Å². The molecule has 0 spiro atoms. The topological polar surface area (TPSA) is 57.5 Å². The highest BCUT2D eigenvalue weighted by atomic mass is 35.5. The van der Waals surface area contributed by atoms with Gasteiger partial charge in [-0.25, -0.2) is 0 Å². The summed E-state index contributed by atoms with van der Waals surface area (Å²) in [5, 5.41) is 17.8. The molecule has 0 aromatic heterocycles. The predicted molar refractivity (Wildman–Crippen MR) is 48.7 cm³/mol. The first-order chi connectivity index (χ1) is 6.02. The highest BCUT2D eigenvalue weighted by molar-refractivity contribution is 6.31. The monoisotopic (exact) mass is 200 g/mol. The zero-order valence-corrected chi connectivity index (χ0v) is 7.75. The van der Waals surface area contributed by atoms with Gasteiger partial charge in [-0.2, -0.15) is 0 Å². The Bertz CT molecular complexity index is 334. The molecule has 1 aromatic carbocycles. The Morgan fingerprint density at radius 3 is 2.54 bits per heavy atom. The average Bonchev–Trinajstić information content (AvgIpc) is 2.08. The smallest absolute Gasteiger partial charge is 0.218 e. The molecule has 0 atom stereocenters. The van der Waals surface area contributed by atoms with E-state index in [0.717, 1.165) is 5.56 Å². The number of hydrogen-bond donors (Lipinski definition) is 2. The van der Waals surface area contributed by atoms with Crippen LogP contribution in [0.15, 0.2) is 18.2 Å². The molecule has 0 fully saturated rings. The van der Waals surface area contributed by atoms with Gasteiger partial charge in [0.2, 0.25) is 12.1 Å². The van der Waals surface area contributed by atoms with E-state index < -0.39 is 12.1 Å². The van der Waals surface area contributed by atoms with Crippen LogP contribution >= 0.6 is 11.6 Å². The molecule has 3 nitrogen and oxygen atoms in total. The van der Waals surface area contributed by atoms with Gasteiger partial charge in [0.1, 0.15) is 0 Å². The number of aliphatic hydroxyl groups is 2. The Balaban J connectivity index is 3.04. The second kappa shape index (κ2) is 3.87. The summed E-state index contributed by atoms with van der Waals surface area (Å²) in [6.07, 6.45) is -1.96. The van der Waals surface area contributed by atoms with Gasteiger partial charge in [0.05, 0.1) is 0 Å². The van der Waals surface area contributed by atoms with Gasteiger partial charge in [-0.1, -0.05) is 11.6 Å². The van der Waals surface area contributed by atoms with Crippen molar-refractivity contribution in [1.82, 2.24) is 0 Å². The van der Waals surface area contributed by atoms with Crippen LogP contribution in [0.1, 0.15) is 15.9 Å². The van der Waals surface area contributed by atoms with Crippen LogP contribution in [0.5, 0.6) is 0 Å². The summed E-state index contributed by atoms with van der Waals surface area (Å²) in [7, 11) is 0. The highest BCUT2D eigenvalue weighted by Crippen LogP contribution is 2.16. The van der Waals surface area contributed by atoms with E-state index in [1.807, 2.05) is 0 Å². The van der Waals surface area contributed by atoms with E-state index in [-0.39, 0.29) is 5.56 Å². The van der Waals surface area contributed by atoms with Crippen molar-refractivity contribution in [3.05, 3.63) is 34.3 Å². The van der Waals surface area contributed by atoms with E-state index in [1.54, 1.807) is 13.0 Å². The molecule has 0 unspecified atom stereocenters. The van der Waals surface area contributed by atoms with Gasteiger partial charge in [0.25, 0.3) is 0 Å². The lowest BCUT2D eigenvalue weighted by molar-refractivity contribution is -0.0195. The van der Waals surface area contributed by atoms with Crippen LogP contribution in [-0.4, -0.2) is 22.3 Å². The van der Waals surface area contributed by atoms with Crippen molar-refractivity contribution in [3.8, 4) is 0 Å². The molecule has 1 rings (SSSR count). The molecule has 0 amide bonds. The number of benzene rings is 1. The predicted octanol–water partition coefficient (Wildman–Crippen LogP) is 1.14. The van der Waals surface area contributed by atoms with Crippen LogP contribution in [0.3, 0.4) is 0 Å². The molecule has 0 saturated carbocycles. The molecule has 4 heteroatoms. The molecule has 13 heavy (non-hydrogen) atoms. The number of hydrogen-bond acceptors (Lipinski definition) is 3. The quantitative estimate of drug-likeness (QED) is 0.556. The SMILES string of the molecule is Cc1cc(C(=O)C(O)O)ccc1Cl. The minimum Gasteiger partial charge on any atom is -0.362 e. The average molecular weight is 201 g/mol. The molecule has 0 saturated heterocycles. The van der Waals surface area contributed by atoms with E-state index in [0.29, 0.717) is 5.02 Å². The molecule has 0 bridgehead atoms. The second-order valence-corrected chi connectivity index (χ2v) is 3.11. The van der Waals surface area contributed by atoms with Crippen molar-refractivity contribution in [3.63, 3.8) is 0 Å². The summed E-state index contributed by atoms with van der Waals surface area (Å²) < 4.78 is 0. The summed E-state index contributed by atoms with van der Waals surface area (Å²) in [6, 6.07) is 4.52. The van der Waals surface area contributed by atoms with Crippen molar-refractivity contribution < 1.29 is 15.0 Å². The van der Waals surface area contributed by atoms with Crippen molar-refractivity contribution in [2.45, 2.75) is 13.2 Å². The third kappa shape index (κ3) is 2.28. The molecule has 1 aromatic rings. The zero-order valence-electron chi connectivity index (χ0n) is 6.99. The zero-order chi connectivity index (χ0) is 10.0. The van der Waals surface area contributed by atoms with Crippen LogP contribution in [0, 0.1) is 6.92 Å². The lowest BCUT2D eigenvalue weighted by Crippen LogP contribution is -2.19. The number of rotatable bonds is 2. The number of carbonyl (C=O) groups excluding carboxylic acids is 1. The minimum atomic E-state index is -1.96. The number of aliphatic hydroxyl groups excluding tert-OH is 1. The van der Waals surface area contributed by atoms with Crippen LogP contribution in [-0.2, 0) is 0 Å². The second-order valence-electron chi connectivity index (χ2n) is 2.70. The van der Waals surface area contributed by atoms with Crippen LogP contribution < -0.4 is 0 Å². The number of halogens is 1. The largest absolute Gasteiger partial charge is 0.362 e. The van der Waals surface area contributed by atoms with Gasteiger partial charge in [-0.15, -0.1) is 0 Å². The molecule has 0 aliphatic rings. The fourth-order valence-electron chi connectivity index (χ4n) is 0.947. The standard InChI is InChI=1S/C9H9ClO3/c1-5-4-6(2-3-7(5)10)8(11)9(12)13/h2-4,9,12-13H,1H3. The number of Topliss-reactive ketones (excluding diaryl/α,β-unsaturated/α-hetero) is 1. The molecular weight excluding hydrogens is 192 g/mol. The first-order valence-corrected chi connectivity index (χ1v) is 4.06. The van der Waals surface area contributed by atoms with E-state index in [2.05, 4.69) is 0 Å². The summed E-state index contributed by atoms with van der Waals surface area (Å²) in [4.78, 5) is 11.1. The minimum absolute atomic E-state index is 0.247. The first kappa shape index (κ1) is 10.2. The Morgan fingerprint density at radius 2 is 2.08 bits per heavy atom. The van der Waals surface area contributed by atoms with Gasteiger partial charge in [0, 0.05) is 10.6 Å². The van der Waals surface area contributed by atoms with E-state index in [4.69, 9.17) is 21.8 Å². The molecule has 0 aliphatic heterocycles. The van der Waals surface area contributed by atoms with Crippen molar-refractivity contribution in [2.24, 2.45) is 0 Å². The Kier molecular flexibility index (Phi) is 3.03. The summed E-state index contributed by atoms with van der Waals surface area (Å²) in [5.74, 6) is -0.722. The fraction of sp³-hybridized carbons (Fsp3) is 0.222. The summed E-state index contributed by atoms with van der Waals surface area (Å²) >= 11 is 5.73. The number of aryl methyl sites for hydroxylation is 1. The maximum atomic E-state index is 11.1. The highest BCUT2D eigenvalue weighted by Gasteiger charge is 2.13. The third-order valence-electron chi connectivity index (χ3n) is 1.68. The van der Waals surface area contributed by atoms with Gasteiger partial charge in [-0.3, -0.25) is 4.79 Å². The van der Waals surface area contributed by atoms with Crippen molar-refractivity contribution in [1.29, 1.82) is 0 Å². The maximum Gasteiger partial charge on any atom is 0.218 e. The molecule has 0 heterocycles. The molecular formula is C9H9ClO3. The molecule has 70 valence electrons. The first-order valence-electron chi connectivity index (χ1n) is 3.69. The maximum absolute atomic E-state index is 11.1.